The number of piperidine rings is 1. The Kier molecular flexibility index (Phi) is 4.73. The van der Waals surface area contributed by atoms with Crippen LogP contribution in [0.4, 0.5) is 0 Å². The molecule has 130 valence electrons. The van der Waals surface area contributed by atoms with Crippen molar-refractivity contribution in [2.45, 2.75) is 31.9 Å². The Labute approximate surface area is 141 Å². The Morgan fingerprint density at radius 3 is 2.58 bits per heavy atom. The first-order valence-electron chi connectivity index (χ1n) is 7.99. The highest BCUT2D eigenvalue weighted by Crippen LogP contribution is 2.37. The van der Waals surface area contributed by atoms with E-state index >= 15 is 0 Å². The molecule has 1 aliphatic rings. The van der Waals surface area contributed by atoms with Crippen LogP contribution >= 0.6 is 0 Å². The molecule has 0 aliphatic carbocycles. The molecule has 2 aromatic heterocycles. The first kappa shape index (κ1) is 16.7. The number of methoxy groups -OCH3 is 2. The molecule has 1 fully saturated rings. The lowest BCUT2D eigenvalue weighted by molar-refractivity contribution is -0.0312. The van der Waals surface area contributed by atoms with Gasteiger partial charge in [-0.2, -0.15) is 4.98 Å². The molecule has 1 N–H and O–H groups in total. The van der Waals surface area contributed by atoms with Crippen LogP contribution in [0.5, 0.6) is 11.9 Å². The van der Waals surface area contributed by atoms with Gasteiger partial charge >= 0.3 is 6.01 Å². The van der Waals surface area contributed by atoms with E-state index < -0.39 is 5.60 Å². The van der Waals surface area contributed by atoms with E-state index in [9.17, 15) is 5.11 Å². The molecule has 0 bridgehead atoms. The lowest BCUT2D eigenvalue weighted by Gasteiger charge is -2.38. The maximum absolute atomic E-state index is 11.1. The summed E-state index contributed by atoms with van der Waals surface area (Å²) in [6, 6.07) is 4.19. The van der Waals surface area contributed by atoms with Crippen molar-refractivity contribution in [1.29, 1.82) is 0 Å². The molecule has 7 heteroatoms. The Balaban J connectivity index is 1.70. The molecule has 0 atom stereocenters. The molecular formula is C17H23N3O4. The van der Waals surface area contributed by atoms with E-state index in [1.165, 1.54) is 14.2 Å². The van der Waals surface area contributed by atoms with Gasteiger partial charge in [0.25, 0.3) is 0 Å². The Bertz CT molecular complexity index is 693. The maximum atomic E-state index is 11.1. The maximum Gasteiger partial charge on any atom is 0.319 e. The van der Waals surface area contributed by atoms with Gasteiger partial charge in [0.15, 0.2) is 0 Å². The van der Waals surface area contributed by atoms with Crippen LogP contribution < -0.4 is 9.47 Å². The van der Waals surface area contributed by atoms with Crippen molar-refractivity contribution < 1.29 is 19.0 Å². The summed E-state index contributed by atoms with van der Waals surface area (Å²) in [5, 5.41) is 11.1. The quantitative estimate of drug-likeness (QED) is 0.894. The van der Waals surface area contributed by atoms with Gasteiger partial charge in [-0.15, -0.1) is 0 Å². The zero-order valence-corrected chi connectivity index (χ0v) is 14.3. The minimum atomic E-state index is -0.993. The number of ether oxygens (including phenoxy) is 2. The number of furan rings is 1. The van der Waals surface area contributed by atoms with Gasteiger partial charge < -0.3 is 19.0 Å². The zero-order valence-electron chi connectivity index (χ0n) is 14.3. The normalized spacial score (nSPS) is 17.7. The predicted octanol–water partition coefficient (Wildman–Crippen LogP) is 1.88. The molecule has 7 nitrogen and oxygen atoms in total. The van der Waals surface area contributed by atoms with Crippen LogP contribution in [0.25, 0.3) is 0 Å². The fourth-order valence-electron chi connectivity index (χ4n) is 3.06. The lowest BCUT2D eigenvalue weighted by Crippen LogP contribution is -2.42. The van der Waals surface area contributed by atoms with Crippen molar-refractivity contribution in [3.63, 3.8) is 0 Å². The average molecular weight is 333 g/mol. The second kappa shape index (κ2) is 6.78. The summed E-state index contributed by atoms with van der Waals surface area (Å²) in [7, 11) is 3.03. The topological polar surface area (TPSA) is 80.9 Å². The van der Waals surface area contributed by atoms with Crippen LogP contribution in [-0.4, -0.2) is 47.3 Å². The van der Waals surface area contributed by atoms with Crippen LogP contribution in [0.1, 0.15) is 29.9 Å². The van der Waals surface area contributed by atoms with Crippen LogP contribution in [0, 0.1) is 6.92 Å². The number of hydrogen-bond donors (Lipinski definition) is 1. The Morgan fingerprint density at radius 2 is 2.00 bits per heavy atom. The summed E-state index contributed by atoms with van der Waals surface area (Å²) in [5.41, 5.74) is -0.382. The molecule has 0 spiro atoms. The van der Waals surface area contributed by atoms with Crippen LogP contribution in [0.3, 0.4) is 0 Å². The molecule has 0 unspecified atom stereocenters. The molecule has 1 aliphatic heterocycles. The highest BCUT2D eigenvalue weighted by Gasteiger charge is 2.37. The lowest BCUT2D eigenvalue weighted by atomic mass is 9.85. The molecule has 2 aromatic rings. The third-order valence-corrected chi connectivity index (χ3v) is 4.47. The van der Waals surface area contributed by atoms with Crippen molar-refractivity contribution >= 4 is 0 Å². The summed E-state index contributed by atoms with van der Waals surface area (Å²) in [6.07, 6.45) is 2.76. The van der Waals surface area contributed by atoms with Crippen LogP contribution in [-0.2, 0) is 12.1 Å². The Hall–Kier alpha value is -2.12. The molecule has 24 heavy (non-hydrogen) atoms. The van der Waals surface area contributed by atoms with Crippen molar-refractivity contribution in [2.75, 3.05) is 27.3 Å². The van der Waals surface area contributed by atoms with Crippen molar-refractivity contribution in [1.82, 2.24) is 14.9 Å². The number of aromatic nitrogens is 2. The molecule has 0 amide bonds. The molecule has 0 aromatic carbocycles. The summed E-state index contributed by atoms with van der Waals surface area (Å²) in [4.78, 5) is 10.6. The van der Waals surface area contributed by atoms with Gasteiger partial charge in [-0.3, -0.25) is 4.90 Å². The number of hydrogen-bond acceptors (Lipinski definition) is 7. The molecule has 3 rings (SSSR count). The van der Waals surface area contributed by atoms with Crippen LogP contribution in [0.2, 0.25) is 0 Å². The van der Waals surface area contributed by atoms with Crippen molar-refractivity contribution in [2.24, 2.45) is 0 Å². The van der Waals surface area contributed by atoms with Gasteiger partial charge in [-0.25, -0.2) is 4.98 Å². The SMILES string of the molecule is COc1ncc(C2(O)CCN(Cc3ccc(C)o3)CC2)c(OC)n1. The smallest absolute Gasteiger partial charge is 0.319 e. The number of likely N-dealkylation sites (tertiary alicyclic amines) is 1. The molecular weight excluding hydrogens is 310 g/mol. The number of aryl methyl sites for hydroxylation is 1. The number of rotatable bonds is 5. The van der Waals surface area contributed by atoms with Gasteiger partial charge in [-0.05, 0) is 31.9 Å². The van der Waals surface area contributed by atoms with E-state index in [2.05, 4.69) is 14.9 Å². The van der Waals surface area contributed by atoms with E-state index in [1.807, 2.05) is 19.1 Å². The van der Waals surface area contributed by atoms with E-state index in [4.69, 9.17) is 13.9 Å². The van der Waals surface area contributed by atoms with E-state index in [-0.39, 0.29) is 6.01 Å². The minimum Gasteiger partial charge on any atom is -0.481 e. The van der Waals surface area contributed by atoms with Crippen molar-refractivity contribution in [3.8, 4) is 11.9 Å². The van der Waals surface area contributed by atoms with Gasteiger partial charge in [0.1, 0.15) is 11.5 Å². The zero-order chi connectivity index (χ0) is 17.2. The first-order chi connectivity index (χ1) is 11.5. The van der Waals surface area contributed by atoms with E-state index in [1.54, 1.807) is 6.20 Å². The standard InChI is InChI=1S/C17H23N3O4/c1-12-4-5-13(24-12)11-20-8-6-17(21,7-9-20)14-10-18-16(23-3)19-15(14)22-2/h4-5,10,21H,6-9,11H2,1-3H3. The van der Waals surface area contributed by atoms with E-state index in [0.717, 1.165) is 31.2 Å². The summed E-state index contributed by atoms with van der Waals surface area (Å²) in [6.45, 7) is 4.20. The summed E-state index contributed by atoms with van der Waals surface area (Å²) in [5.74, 6) is 2.22. The minimum absolute atomic E-state index is 0.227. The van der Waals surface area contributed by atoms with Gasteiger partial charge in [0.2, 0.25) is 5.88 Å². The Morgan fingerprint density at radius 1 is 1.25 bits per heavy atom. The van der Waals surface area contributed by atoms with Crippen molar-refractivity contribution in [3.05, 3.63) is 35.4 Å². The molecule has 0 saturated carbocycles. The second-order valence-electron chi connectivity index (χ2n) is 6.10. The number of nitrogens with zero attached hydrogens (tertiary/aromatic N) is 3. The fourth-order valence-corrected chi connectivity index (χ4v) is 3.06. The molecule has 1 saturated heterocycles. The van der Waals surface area contributed by atoms with Gasteiger partial charge in [0.05, 0.1) is 31.9 Å². The van der Waals surface area contributed by atoms with Gasteiger partial charge in [-0.1, -0.05) is 0 Å². The first-order valence-corrected chi connectivity index (χ1v) is 7.99. The summed E-state index contributed by atoms with van der Waals surface area (Å²) < 4.78 is 16.0. The number of aliphatic hydroxyl groups is 1. The second-order valence-corrected chi connectivity index (χ2v) is 6.10. The van der Waals surface area contributed by atoms with Gasteiger partial charge in [0, 0.05) is 19.3 Å². The average Bonchev–Trinajstić information content (AvgIpc) is 3.01. The van der Waals surface area contributed by atoms with Crippen LogP contribution in [0.15, 0.2) is 22.7 Å². The molecule has 3 heterocycles. The monoisotopic (exact) mass is 333 g/mol. The highest BCUT2D eigenvalue weighted by atomic mass is 16.5. The summed E-state index contributed by atoms with van der Waals surface area (Å²) >= 11 is 0. The van der Waals surface area contributed by atoms with E-state index in [0.29, 0.717) is 24.3 Å². The molecule has 0 radical (unpaired) electrons. The third kappa shape index (κ3) is 3.37. The fraction of sp³-hybridized carbons (Fsp3) is 0.529. The highest BCUT2D eigenvalue weighted by molar-refractivity contribution is 5.32. The largest absolute Gasteiger partial charge is 0.481 e. The third-order valence-electron chi connectivity index (χ3n) is 4.47. The predicted molar refractivity (Wildman–Crippen MR) is 87.0 cm³/mol.